The van der Waals surface area contributed by atoms with E-state index < -0.39 is 6.10 Å². The number of hydrogen-bond donors (Lipinski definition) is 1. The van der Waals surface area contributed by atoms with Crippen molar-refractivity contribution >= 4 is 15.9 Å². The monoisotopic (exact) mass is 232 g/mol. The van der Waals surface area contributed by atoms with Crippen LogP contribution in [0.5, 0.6) is 0 Å². The van der Waals surface area contributed by atoms with Crippen molar-refractivity contribution < 1.29 is 9.50 Å². The van der Waals surface area contributed by atoms with Crippen LogP contribution in [0.3, 0.4) is 0 Å². The van der Waals surface area contributed by atoms with Gasteiger partial charge >= 0.3 is 0 Å². The summed E-state index contributed by atoms with van der Waals surface area (Å²) in [4.78, 5) is 0. The molecule has 0 heterocycles. The first kappa shape index (κ1) is 9.68. The smallest absolute Gasteiger partial charge is 0.123 e. The molecule has 0 aliphatic heterocycles. The molecule has 0 saturated heterocycles. The van der Waals surface area contributed by atoms with Gasteiger partial charge in [-0.05, 0) is 30.2 Å². The highest BCUT2D eigenvalue weighted by Crippen LogP contribution is 2.25. The lowest BCUT2D eigenvalue weighted by Crippen LogP contribution is -1.96. The summed E-state index contributed by atoms with van der Waals surface area (Å²) in [7, 11) is 0. The molecule has 1 nitrogen and oxygen atoms in total. The molecule has 1 atom stereocenters. The number of aliphatic hydroxyl groups is 1. The molecule has 0 aliphatic carbocycles. The fraction of sp³-hybridized carbons (Fsp3) is 0.333. The van der Waals surface area contributed by atoms with Crippen molar-refractivity contribution in [3.63, 3.8) is 0 Å². The topological polar surface area (TPSA) is 20.2 Å². The molecule has 1 rings (SSSR count). The van der Waals surface area contributed by atoms with Crippen molar-refractivity contribution in [2.75, 3.05) is 0 Å². The van der Waals surface area contributed by atoms with Gasteiger partial charge in [0.05, 0.1) is 6.10 Å². The Morgan fingerprint density at radius 2 is 2.25 bits per heavy atom. The number of aliphatic hydroxyl groups excluding tert-OH is 1. The number of halogens is 2. The normalized spacial score (nSPS) is 13.0. The van der Waals surface area contributed by atoms with Crippen molar-refractivity contribution in [2.24, 2.45) is 0 Å². The predicted molar refractivity (Wildman–Crippen MR) is 49.4 cm³/mol. The number of rotatable bonds is 2. The molecule has 0 saturated carbocycles. The summed E-state index contributed by atoms with van der Waals surface area (Å²) in [5.74, 6) is -0.319. The molecule has 12 heavy (non-hydrogen) atoms. The third kappa shape index (κ3) is 2.05. The van der Waals surface area contributed by atoms with Crippen LogP contribution in [0, 0.1) is 5.82 Å². The molecule has 1 aromatic carbocycles. The first-order chi connectivity index (χ1) is 5.65. The van der Waals surface area contributed by atoms with E-state index in [9.17, 15) is 9.50 Å². The Balaban J connectivity index is 3.04. The van der Waals surface area contributed by atoms with Gasteiger partial charge in [-0.15, -0.1) is 0 Å². The average Bonchev–Trinajstić information content (AvgIpc) is 2.08. The summed E-state index contributed by atoms with van der Waals surface area (Å²) >= 11 is 3.25. The van der Waals surface area contributed by atoms with Gasteiger partial charge in [-0.25, -0.2) is 4.39 Å². The van der Waals surface area contributed by atoms with Gasteiger partial charge in [0, 0.05) is 4.47 Å². The maximum atomic E-state index is 12.7. The molecular weight excluding hydrogens is 223 g/mol. The first-order valence-electron chi connectivity index (χ1n) is 3.78. The van der Waals surface area contributed by atoms with E-state index in [0.29, 0.717) is 12.0 Å². The van der Waals surface area contributed by atoms with Crippen LogP contribution < -0.4 is 0 Å². The van der Waals surface area contributed by atoms with E-state index in [1.54, 1.807) is 6.07 Å². The van der Waals surface area contributed by atoms with Crippen molar-refractivity contribution in [2.45, 2.75) is 19.4 Å². The molecule has 0 amide bonds. The average molecular weight is 233 g/mol. The lowest BCUT2D eigenvalue weighted by atomic mass is 10.1. The van der Waals surface area contributed by atoms with Crippen molar-refractivity contribution in [3.8, 4) is 0 Å². The van der Waals surface area contributed by atoms with E-state index in [-0.39, 0.29) is 5.82 Å². The zero-order valence-corrected chi connectivity index (χ0v) is 8.31. The molecule has 0 unspecified atom stereocenters. The number of benzene rings is 1. The molecule has 3 heteroatoms. The van der Waals surface area contributed by atoms with E-state index in [2.05, 4.69) is 15.9 Å². The van der Waals surface area contributed by atoms with E-state index in [4.69, 9.17) is 0 Å². The summed E-state index contributed by atoms with van der Waals surface area (Å²) in [6.07, 6.45) is -0.00252. The van der Waals surface area contributed by atoms with Gasteiger partial charge < -0.3 is 5.11 Å². The van der Waals surface area contributed by atoms with Crippen LogP contribution in [0.1, 0.15) is 25.0 Å². The van der Waals surface area contributed by atoms with Gasteiger partial charge in [-0.1, -0.05) is 22.9 Å². The third-order valence-corrected chi connectivity index (χ3v) is 2.43. The largest absolute Gasteiger partial charge is 0.388 e. The maximum Gasteiger partial charge on any atom is 0.123 e. The standard InChI is InChI=1S/C9H10BrFO/c1-2-9(12)7-5-6(11)3-4-8(7)10/h3-5,9,12H,2H2,1H3/t9-/m0/s1. The van der Waals surface area contributed by atoms with Crippen LogP contribution in [-0.2, 0) is 0 Å². The highest BCUT2D eigenvalue weighted by Gasteiger charge is 2.09. The number of hydrogen-bond acceptors (Lipinski definition) is 1. The van der Waals surface area contributed by atoms with Crippen LogP contribution in [0.4, 0.5) is 4.39 Å². The molecule has 1 aromatic rings. The Morgan fingerprint density at radius 3 is 2.83 bits per heavy atom. The van der Waals surface area contributed by atoms with Crippen LogP contribution in [0.15, 0.2) is 22.7 Å². The zero-order chi connectivity index (χ0) is 9.14. The van der Waals surface area contributed by atoms with Crippen LogP contribution in [0.25, 0.3) is 0 Å². The maximum absolute atomic E-state index is 12.7. The van der Waals surface area contributed by atoms with Crippen LogP contribution in [0.2, 0.25) is 0 Å². The zero-order valence-electron chi connectivity index (χ0n) is 6.72. The van der Waals surface area contributed by atoms with Crippen LogP contribution in [-0.4, -0.2) is 5.11 Å². The van der Waals surface area contributed by atoms with Crippen molar-refractivity contribution in [1.82, 2.24) is 0 Å². The van der Waals surface area contributed by atoms with E-state index in [1.165, 1.54) is 12.1 Å². The third-order valence-electron chi connectivity index (χ3n) is 1.70. The minimum atomic E-state index is -0.588. The van der Waals surface area contributed by atoms with Gasteiger partial charge in [0.2, 0.25) is 0 Å². The molecule has 0 radical (unpaired) electrons. The van der Waals surface area contributed by atoms with Gasteiger partial charge in [0.25, 0.3) is 0 Å². The predicted octanol–water partition coefficient (Wildman–Crippen LogP) is 3.03. The molecule has 0 aliphatic rings. The Labute approximate surface area is 79.4 Å². The van der Waals surface area contributed by atoms with Crippen molar-refractivity contribution in [1.29, 1.82) is 0 Å². The quantitative estimate of drug-likeness (QED) is 0.832. The van der Waals surface area contributed by atoms with Crippen LogP contribution >= 0.6 is 15.9 Å². The molecule has 1 N–H and O–H groups in total. The van der Waals surface area contributed by atoms with Gasteiger partial charge in [0.1, 0.15) is 5.82 Å². The second kappa shape index (κ2) is 4.01. The summed E-state index contributed by atoms with van der Waals surface area (Å²) in [5, 5.41) is 9.44. The lowest BCUT2D eigenvalue weighted by molar-refractivity contribution is 0.172. The van der Waals surface area contributed by atoms with E-state index in [0.717, 1.165) is 4.47 Å². The van der Waals surface area contributed by atoms with E-state index >= 15 is 0 Å². The first-order valence-corrected chi connectivity index (χ1v) is 4.57. The summed E-state index contributed by atoms with van der Waals surface area (Å²) in [5.41, 5.74) is 0.609. The van der Waals surface area contributed by atoms with Gasteiger partial charge in [-0.3, -0.25) is 0 Å². The fourth-order valence-electron chi connectivity index (χ4n) is 0.990. The van der Waals surface area contributed by atoms with Gasteiger partial charge in [-0.2, -0.15) is 0 Å². The second-order valence-electron chi connectivity index (χ2n) is 2.59. The van der Waals surface area contributed by atoms with E-state index in [1.807, 2.05) is 6.92 Å². The molecule has 0 aromatic heterocycles. The minimum Gasteiger partial charge on any atom is -0.388 e. The Kier molecular flexibility index (Phi) is 3.23. The SMILES string of the molecule is CC[C@H](O)c1cc(F)ccc1Br. The second-order valence-corrected chi connectivity index (χ2v) is 3.44. The molecule has 0 fully saturated rings. The summed E-state index contributed by atoms with van der Waals surface area (Å²) in [6, 6.07) is 4.30. The molecular formula is C9H10BrFO. The van der Waals surface area contributed by atoms with Gasteiger partial charge in [0.15, 0.2) is 0 Å². The Hall–Kier alpha value is -0.410. The fourth-order valence-corrected chi connectivity index (χ4v) is 1.50. The van der Waals surface area contributed by atoms with Crippen molar-refractivity contribution in [3.05, 3.63) is 34.1 Å². The molecule has 0 spiro atoms. The Bertz CT molecular complexity index is 275. The molecule has 66 valence electrons. The minimum absolute atomic E-state index is 0.319. The highest BCUT2D eigenvalue weighted by molar-refractivity contribution is 9.10. The highest BCUT2D eigenvalue weighted by atomic mass is 79.9. The lowest BCUT2D eigenvalue weighted by Gasteiger charge is -2.09. The summed E-state index contributed by atoms with van der Waals surface area (Å²) < 4.78 is 13.5. The molecule has 0 bridgehead atoms. The summed E-state index contributed by atoms with van der Waals surface area (Å²) in [6.45, 7) is 1.85. The Morgan fingerprint density at radius 1 is 1.58 bits per heavy atom.